The van der Waals surface area contributed by atoms with Crippen molar-refractivity contribution in [2.24, 2.45) is 0 Å². The summed E-state index contributed by atoms with van der Waals surface area (Å²) in [5.74, 6) is -0.523. The minimum atomic E-state index is -4.50. The van der Waals surface area contributed by atoms with Crippen molar-refractivity contribution in [1.82, 2.24) is 19.4 Å². The lowest BCUT2D eigenvalue weighted by Crippen LogP contribution is -2.26. The standard InChI is InChI=1S/C22H20F4N4O2/c1-3-4-9-29-12-30-19(13(2)28-20(30)21(29)31)16-7-6-15(10-17(16)23)32-18-8-5-14(11-27-18)22(24,25)26/h5-8,10-11H,3-4,9,12H2,1-2H3. The van der Waals surface area contributed by atoms with E-state index in [0.717, 1.165) is 31.0 Å². The maximum Gasteiger partial charge on any atom is 0.417 e. The molecule has 10 heteroatoms. The molecule has 0 unspecified atom stereocenters. The maximum absolute atomic E-state index is 15.0. The Labute approximate surface area is 181 Å². The number of rotatable bonds is 6. The van der Waals surface area contributed by atoms with Gasteiger partial charge in [0.2, 0.25) is 11.7 Å². The van der Waals surface area contributed by atoms with Crippen LogP contribution < -0.4 is 4.74 Å². The van der Waals surface area contributed by atoms with Gasteiger partial charge in [0.15, 0.2) is 0 Å². The molecule has 0 spiro atoms. The van der Waals surface area contributed by atoms with Gasteiger partial charge in [0.1, 0.15) is 11.6 Å². The van der Waals surface area contributed by atoms with Crippen LogP contribution in [-0.2, 0) is 12.8 Å². The minimum absolute atomic E-state index is 0.0815. The van der Waals surface area contributed by atoms with Crippen LogP contribution in [0.4, 0.5) is 17.6 Å². The molecule has 0 atom stereocenters. The molecular formula is C22H20F4N4O2. The molecule has 3 heterocycles. The number of pyridine rings is 1. The van der Waals surface area contributed by atoms with E-state index in [-0.39, 0.29) is 28.9 Å². The van der Waals surface area contributed by atoms with Crippen molar-refractivity contribution in [3.8, 4) is 22.9 Å². The van der Waals surface area contributed by atoms with Crippen LogP contribution in [0, 0.1) is 12.7 Å². The van der Waals surface area contributed by atoms with Crippen LogP contribution in [0.1, 0.15) is 41.6 Å². The fourth-order valence-corrected chi connectivity index (χ4v) is 3.59. The molecule has 6 nitrogen and oxygen atoms in total. The van der Waals surface area contributed by atoms with Gasteiger partial charge in [-0.2, -0.15) is 13.2 Å². The highest BCUT2D eigenvalue weighted by Crippen LogP contribution is 2.34. The molecule has 0 bridgehead atoms. The lowest BCUT2D eigenvalue weighted by atomic mass is 10.1. The van der Waals surface area contributed by atoms with Gasteiger partial charge in [-0.3, -0.25) is 4.79 Å². The summed E-state index contributed by atoms with van der Waals surface area (Å²) in [4.78, 5) is 22.2. The van der Waals surface area contributed by atoms with Gasteiger partial charge >= 0.3 is 6.18 Å². The predicted octanol–water partition coefficient (Wildman–Crippen LogP) is 5.42. The number of unbranched alkanes of at least 4 members (excludes halogenated alkanes) is 1. The number of aromatic nitrogens is 3. The zero-order valence-electron chi connectivity index (χ0n) is 17.4. The summed E-state index contributed by atoms with van der Waals surface area (Å²) in [5, 5.41) is 0. The Morgan fingerprint density at radius 2 is 1.97 bits per heavy atom. The van der Waals surface area contributed by atoms with Crippen molar-refractivity contribution in [2.45, 2.75) is 39.5 Å². The highest BCUT2D eigenvalue weighted by Gasteiger charge is 2.33. The number of benzene rings is 1. The number of imidazole rings is 1. The SMILES string of the molecule is CCCCN1Cn2c(nc(C)c2-c2ccc(Oc3ccc(C(F)(F)F)cn3)cc2F)C1=O. The third-order valence-electron chi connectivity index (χ3n) is 5.20. The van der Waals surface area contributed by atoms with Crippen molar-refractivity contribution in [1.29, 1.82) is 0 Å². The number of carbonyl (C=O) groups excluding carboxylic acids is 1. The van der Waals surface area contributed by atoms with Crippen molar-refractivity contribution in [3.63, 3.8) is 0 Å². The van der Waals surface area contributed by atoms with E-state index in [9.17, 15) is 22.4 Å². The first-order valence-electron chi connectivity index (χ1n) is 10.1. The topological polar surface area (TPSA) is 60.3 Å². The molecule has 0 N–H and O–H groups in total. The van der Waals surface area contributed by atoms with Crippen LogP contribution >= 0.6 is 0 Å². The lowest BCUT2D eigenvalue weighted by molar-refractivity contribution is -0.137. The molecule has 0 fully saturated rings. The molecule has 1 amide bonds. The van der Waals surface area contributed by atoms with E-state index in [1.807, 2.05) is 6.92 Å². The number of alkyl halides is 3. The van der Waals surface area contributed by atoms with Crippen molar-refractivity contribution >= 4 is 5.91 Å². The minimum Gasteiger partial charge on any atom is -0.439 e. The maximum atomic E-state index is 15.0. The number of fused-ring (bicyclic) bond motifs is 1. The van der Waals surface area contributed by atoms with Gasteiger partial charge in [0.05, 0.1) is 23.6 Å². The average molecular weight is 448 g/mol. The Morgan fingerprint density at radius 3 is 2.59 bits per heavy atom. The summed E-state index contributed by atoms with van der Waals surface area (Å²) >= 11 is 0. The van der Waals surface area contributed by atoms with Crippen LogP contribution in [-0.4, -0.2) is 31.9 Å². The van der Waals surface area contributed by atoms with Crippen molar-refractivity contribution in [2.75, 3.05) is 6.54 Å². The zero-order chi connectivity index (χ0) is 23.0. The largest absolute Gasteiger partial charge is 0.439 e. The van der Waals surface area contributed by atoms with E-state index in [4.69, 9.17) is 4.74 Å². The Balaban J connectivity index is 1.58. The predicted molar refractivity (Wildman–Crippen MR) is 108 cm³/mol. The van der Waals surface area contributed by atoms with E-state index >= 15 is 0 Å². The molecule has 168 valence electrons. The quantitative estimate of drug-likeness (QED) is 0.473. The number of hydrogen-bond donors (Lipinski definition) is 0. The average Bonchev–Trinajstić information content (AvgIpc) is 3.21. The van der Waals surface area contributed by atoms with Crippen molar-refractivity contribution in [3.05, 3.63) is 59.4 Å². The third kappa shape index (κ3) is 4.04. The number of amides is 1. The molecule has 4 rings (SSSR count). The Bertz CT molecular complexity index is 1160. The smallest absolute Gasteiger partial charge is 0.417 e. The molecule has 1 aliphatic heterocycles. The van der Waals surface area contributed by atoms with E-state index in [2.05, 4.69) is 9.97 Å². The van der Waals surface area contributed by atoms with E-state index in [0.29, 0.717) is 30.8 Å². The van der Waals surface area contributed by atoms with Crippen LogP contribution in [0.2, 0.25) is 0 Å². The second-order valence-corrected chi connectivity index (χ2v) is 7.49. The summed E-state index contributed by atoms with van der Waals surface area (Å²) in [5.41, 5.74) is 0.377. The molecular weight excluding hydrogens is 428 g/mol. The molecule has 0 saturated carbocycles. The first kappa shape index (κ1) is 21.8. The van der Waals surface area contributed by atoms with Crippen LogP contribution in [0.5, 0.6) is 11.6 Å². The second kappa shape index (κ2) is 8.25. The fourth-order valence-electron chi connectivity index (χ4n) is 3.59. The number of carbonyl (C=O) groups is 1. The van der Waals surface area contributed by atoms with E-state index < -0.39 is 17.6 Å². The summed E-state index contributed by atoms with van der Waals surface area (Å²) in [6.45, 7) is 4.65. The fraction of sp³-hybridized carbons (Fsp3) is 0.318. The molecule has 1 aliphatic rings. The molecule has 0 radical (unpaired) electrons. The van der Waals surface area contributed by atoms with Gasteiger partial charge in [0.25, 0.3) is 5.91 Å². The van der Waals surface area contributed by atoms with Crippen LogP contribution in [0.3, 0.4) is 0 Å². The highest BCUT2D eigenvalue weighted by molar-refractivity contribution is 5.94. The van der Waals surface area contributed by atoms with Crippen molar-refractivity contribution < 1.29 is 27.1 Å². The second-order valence-electron chi connectivity index (χ2n) is 7.49. The van der Waals surface area contributed by atoms with Gasteiger partial charge in [-0.15, -0.1) is 0 Å². The molecule has 3 aromatic rings. The van der Waals surface area contributed by atoms with Crippen LogP contribution in [0.15, 0.2) is 36.5 Å². The number of nitrogens with zero attached hydrogens (tertiary/aromatic N) is 4. The number of halogens is 4. The van der Waals surface area contributed by atoms with Crippen LogP contribution in [0.25, 0.3) is 11.3 Å². The number of aryl methyl sites for hydroxylation is 1. The molecule has 0 aliphatic carbocycles. The first-order valence-corrected chi connectivity index (χ1v) is 10.1. The zero-order valence-corrected chi connectivity index (χ0v) is 17.4. The number of hydrogen-bond acceptors (Lipinski definition) is 4. The first-order chi connectivity index (χ1) is 15.2. The van der Waals surface area contributed by atoms with Gasteiger partial charge in [-0.05, 0) is 31.5 Å². The van der Waals surface area contributed by atoms with Gasteiger partial charge in [-0.25, -0.2) is 14.4 Å². The molecule has 1 aromatic carbocycles. The van der Waals surface area contributed by atoms with Gasteiger partial charge < -0.3 is 14.2 Å². The summed E-state index contributed by atoms with van der Waals surface area (Å²) in [6, 6.07) is 6.01. The normalized spacial score (nSPS) is 13.6. The Morgan fingerprint density at radius 1 is 1.19 bits per heavy atom. The summed E-state index contributed by atoms with van der Waals surface area (Å²) in [6.07, 6.45) is -2.04. The summed E-state index contributed by atoms with van der Waals surface area (Å²) < 4.78 is 60.0. The Hall–Kier alpha value is -3.43. The van der Waals surface area contributed by atoms with E-state index in [1.54, 1.807) is 16.4 Å². The van der Waals surface area contributed by atoms with Gasteiger partial charge in [0, 0.05) is 30.4 Å². The Kier molecular flexibility index (Phi) is 5.62. The number of ether oxygens (including phenoxy) is 1. The van der Waals surface area contributed by atoms with Gasteiger partial charge in [-0.1, -0.05) is 13.3 Å². The monoisotopic (exact) mass is 448 g/mol. The third-order valence-corrected chi connectivity index (χ3v) is 5.20. The molecule has 0 saturated heterocycles. The summed E-state index contributed by atoms with van der Waals surface area (Å²) in [7, 11) is 0. The molecule has 2 aromatic heterocycles. The lowest BCUT2D eigenvalue weighted by Gasteiger charge is -2.16. The molecule has 32 heavy (non-hydrogen) atoms. The van der Waals surface area contributed by atoms with E-state index in [1.165, 1.54) is 12.1 Å². The highest BCUT2D eigenvalue weighted by atomic mass is 19.4.